The van der Waals surface area contributed by atoms with Crippen LogP contribution in [0.25, 0.3) is 22.2 Å². The molecule has 2 N–H and O–H groups in total. The number of pyridine rings is 1. The van der Waals surface area contributed by atoms with E-state index in [0.717, 1.165) is 33.3 Å². The van der Waals surface area contributed by atoms with E-state index in [4.69, 9.17) is 5.73 Å². The van der Waals surface area contributed by atoms with Crippen LogP contribution in [0, 0.1) is 6.92 Å². The molecule has 2 nitrogen and oxygen atoms in total. The molecule has 104 valence electrons. The molecule has 0 aliphatic rings. The quantitative estimate of drug-likeness (QED) is 0.752. The van der Waals surface area contributed by atoms with Crippen LogP contribution in [-0.2, 0) is 0 Å². The summed E-state index contributed by atoms with van der Waals surface area (Å²) < 4.78 is 0. The van der Waals surface area contributed by atoms with Crippen LogP contribution < -0.4 is 5.73 Å². The Kier molecular flexibility index (Phi) is 3.44. The van der Waals surface area contributed by atoms with Gasteiger partial charge in [0.25, 0.3) is 0 Å². The van der Waals surface area contributed by atoms with E-state index in [-0.39, 0.29) is 0 Å². The molecule has 2 aromatic carbocycles. The first-order valence-electron chi connectivity index (χ1n) is 7.04. The third-order valence-corrected chi connectivity index (χ3v) is 3.83. The van der Waals surface area contributed by atoms with Crippen LogP contribution in [-0.4, -0.2) is 4.98 Å². The number of aromatic nitrogens is 1. The van der Waals surface area contributed by atoms with Crippen molar-refractivity contribution in [3.63, 3.8) is 0 Å². The van der Waals surface area contributed by atoms with Crippen LogP contribution in [0.3, 0.4) is 0 Å². The molecule has 3 aromatic rings. The van der Waals surface area contributed by atoms with Crippen molar-refractivity contribution in [1.29, 1.82) is 0 Å². The maximum absolute atomic E-state index is 6.43. The SMILES string of the molecule is CC(=C(N)c1ccnc2ccccc12)c1ccc(C)cc1. The predicted octanol–water partition coefficient (Wildman–Crippen LogP) is 4.39. The average Bonchev–Trinajstić information content (AvgIpc) is 2.53. The van der Waals surface area contributed by atoms with Gasteiger partial charge in [0.2, 0.25) is 0 Å². The second-order valence-corrected chi connectivity index (χ2v) is 5.28. The number of para-hydroxylation sites is 1. The highest BCUT2D eigenvalue weighted by Crippen LogP contribution is 2.27. The van der Waals surface area contributed by atoms with E-state index in [9.17, 15) is 0 Å². The molecule has 0 atom stereocenters. The summed E-state index contributed by atoms with van der Waals surface area (Å²) in [6.45, 7) is 4.15. The Balaban J connectivity index is 2.17. The summed E-state index contributed by atoms with van der Waals surface area (Å²) in [5, 5.41) is 1.09. The van der Waals surface area contributed by atoms with Gasteiger partial charge in [-0.25, -0.2) is 0 Å². The Labute approximate surface area is 124 Å². The maximum atomic E-state index is 6.43. The monoisotopic (exact) mass is 274 g/mol. The van der Waals surface area contributed by atoms with Crippen molar-refractivity contribution in [2.24, 2.45) is 5.73 Å². The van der Waals surface area contributed by atoms with Crippen molar-refractivity contribution in [2.45, 2.75) is 13.8 Å². The average molecular weight is 274 g/mol. The summed E-state index contributed by atoms with van der Waals surface area (Å²) in [5.41, 5.74) is 12.7. The molecule has 0 saturated heterocycles. The van der Waals surface area contributed by atoms with Crippen LogP contribution in [0.2, 0.25) is 0 Å². The molecule has 0 saturated carbocycles. The number of hydrogen-bond acceptors (Lipinski definition) is 2. The summed E-state index contributed by atoms with van der Waals surface area (Å²) in [6.07, 6.45) is 1.81. The fourth-order valence-corrected chi connectivity index (χ4v) is 2.49. The molecule has 0 aliphatic carbocycles. The predicted molar refractivity (Wildman–Crippen MR) is 89.6 cm³/mol. The second kappa shape index (κ2) is 5.41. The third kappa shape index (κ3) is 2.52. The van der Waals surface area contributed by atoms with E-state index in [1.54, 1.807) is 0 Å². The van der Waals surface area contributed by atoms with Gasteiger partial charge in [-0.2, -0.15) is 0 Å². The Hall–Kier alpha value is -2.61. The van der Waals surface area contributed by atoms with Gasteiger partial charge in [0.1, 0.15) is 0 Å². The van der Waals surface area contributed by atoms with Gasteiger partial charge in [-0.3, -0.25) is 4.98 Å². The molecule has 2 heteroatoms. The fourth-order valence-electron chi connectivity index (χ4n) is 2.49. The van der Waals surface area contributed by atoms with Crippen LogP contribution in [0.5, 0.6) is 0 Å². The zero-order chi connectivity index (χ0) is 14.8. The minimum absolute atomic E-state index is 0.803. The number of hydrogen-bond donors (Lipinski definition) is 1. The summed E-state index contributed by atoms with van der Waals surface area (Å²) in [7, 11) is 0. The molecule has 0 bridgehead atoms. The zero-order valence-corrected chi connectivity index (χ0v) is 12.3. The minimum Gasteiger partial charge on any atom is -0.398 e. The number of aryl methyl sites for hydroxylation is 1. The topological polar surface area (TPSA) is 38.9 Å². The number of nitrogens with zero attached hydrogens (tertiary/aromatic N) is 1. The molecule has 0 aliphatic heterocycles. The maximum Gasteiger partial charge on any atom is 0.0708 e. The normalized spacial score (nSPS) is 12.3. The number of allylic oxidation sites excluding steroid dienone is 1. The van der Waals surface area contributed by atoms with Gasteiger partial charge in [0.05, 0.1) is 5.52 Å². The van der Waals surface area contributed by atoms with Crippen LogP contribution in [0.1, 0.15) is 23.6 Å². The molecule has 3 rings (SSSR count). The lowest BCUT2D eigenvalue weighted by Crippen LogP contribution is -2.01. The van der Waals surface area contributed by atoms with Gasteiger partial charge in [-0.1, -0.05) is 48.0 Å². The molecule has 0 unspecified atom stereocenters. The molecular formula is C19H18N2. The Morgan fingerprint density at radius 2 is 1.67 bits per heavy atom. The number of rotatable bonds is 2. The molecular weight excluding hydrogens is 256 g/mol. The number of nitrogens with two attached hydrogens (primary N) is 1. The Bertz CT molecular complexity index is 809. The lowest BCUT2D eigenvalue weighted by atomic mass is 9.98. The van der Waals surface area contributed by atoms with Crippen molar-refractivity contribution in [2.75, 3.05) is 0 Å². The molecule has 1 heterocycles. The summed E-state index contributed by atoms with van der Waals surface area (Å²) in [5.74, 6) is 0. The van der Waals surface area contributed by atoms with E-state index in [1.807, 2.05) is 30.5 Å². The number of benzene rings is 2. The first-order chi connectivity index (χ1) is 10.2. The summed E-state index contributed by atoms with van der Waals surface area (Å²) in [6, 6.07) is 18.5. The van der Waals surface area contributed by atoms with Crippen LogP contribution >= 0.6 is 0 Å². The van der Waals surface area contributed by atoms with E-state index in [0.29, 0.717) is 0 Å². The van der Waals surface area contributed by atoms with Gasteiger partial charge in [0, 0.05) is 22.8 Å². The van der Waals surface area contributed by atoms with Crippen LogP contribution in [0.15, 0.2) is 60.8 Å². The molecule has 0 amide bonds. The van der Waals surface area contributed by atoms with E-state index in [1.165, 1.54) is 5.56 Å². The summed E-state index contributed by atoms with van der Waals surface area (Å²) in [4.78, 5) is 4.39. The van der Waals surface area contributed by atoms with Gasteiger partial charge in [0.15, 0.2) is 0 Å². The van der Waals surface area contributed by atoms with Crippen molar-refractivity contribution >= 4 is 22.2 Å². The molecule has 21 heavy (non-hydrogen) atoms. The van der Waals surface area contributed by atoms with Gasteiger partial charge >= 0.3 is 0 Å². The standard InChI is InChI=1S/C19H18N2/c1-13-7-9-15(10-8-13)14(2)19(20)17-11-12-21-18-6-4-3-5-16(17)18/h3-12H,20H2,1-2H3. The van der Waals surface area contributed by atoms with Gasteiger partial charge in [-0.05, 0) is 37.1 Å². The highest BCUT2D eigenvalue weighted by atomic mass is 14.7. The number of fused-ring (bicyclic) bond motifs is 1. The Morgan fingerprint density at radius 1 is 0.952 bits per heavy atom. The largest absolute Gasteiger partial charge is 0.398 e. The first-order valence-corrected chi connectivity index (χ1v) is 7.04. The third-order valence-electron chi connectivity index (χ3n) is 3.83. The lowest BCUT2D eigenvalue weighted by molar-refractivity contribution is 1.38. The first kappa shape index (κ1) is 13.4. The molecule has 0 fully saturated rings. The fraction of sp³-hybridized carbons (Fsp3) is 0.105. The van der Waals surface area contributed by atoms with E-state index < -0.39 is 0 Å². The van der Waals surface area contributed by atoms with E-state index in [2.05, 4.69) is 49.2 Å². The minimum atomic E-state index is 0.803. The van der Waals surface area contributed by atoms with Crippen molar-refractivity contribution < 1.29 is 0 Å². The van der Waals surface area contributed by atoms with E-state index >= 15 is 0 Å². The molecule has 1 aromatic heterocycles. The van der Waals surface area contributed by atoms with Crippen molar-refractivity contribution in [3.05, 3.63) is 77.5 Å². The van der Waals surface area contributed by atoms with Crippen LogP contribution in [0.4, 0.5) is 0 Å². The molecule has 0 spiro atoms. The van der Waals surface area contributed by atoms with Crippen molar-refractivity contribution in [3.8, 4) is 0 Å². The highest BCUT2D eigenvalue weighted by Gasteiger charge is 2.08. The smallest absolute Gasteiger partial charge is 0.0708 e. The van der Waals surface area contributed by atoms with Crippen molar-refractivity contribution in [1.82, 2.24) is 4.98 Å². The van der Waals surface area contributed by atoms with Gasteiger partial charge < -0.3 is 5.73 Å². The second-order valence-electron chi connectivity index (χ2n) is 5.28. The van der Waals surface area contributed by atoms with Gasteiger partial charge in [-0.15, -0.1) is 0 Å². The molecule has 0 radical (unpaired) electrons. The zero-order valence-electron chi connectivity index (χ0n) is 12.3. The Morgan fingerprint density at radius 3 is 2.43 bits per heavy atom. The lowest BCUT2D eigenvalue weighted by Gasteiger charge is -2.11. The highest BCUT2D eigenvalue weighted by molar-refractivity contribution is 5.98. The summed E-state index contributed by atoms with van der Waals surface area (Å²) >= 11 is 0.